The summed E-state index contributed by atoms with van der Waals surface area (Å²) in [6.45, 7) is 0. The zero-order valence-corrected chi connectivity index (χ0v) is 6.17. The van der Waals surface area contributed by atoms with E-state index >= 15 is 0 Å². The van der Waals surface area contributed by atoms with Crippen LogP contribution in [0.25, 0.3) is 0 Å². The van der Waals surface area contributed by atoms with Gasteiger partial charge in [0.15, 0.2) is 0 Å². The first kappa shape index (κ1) is 6.31. The van der Waals surface area contributed by atoms with Gasteiger partial charge in [0.25, 0.3) is 5.22 Å². The van der Waals surface area contributed by atoms with Crippen molar-refractivity contribution in [1.82, 2.24) is 10.2 Å². The van der Waals surface area contributed by atoms with Crippen molar-refractivity contribution in [3.05, 3.63) is 6.39 Å². The molecular formula is C2H2N2OS3. The average Bonchev–Trinajstić information content (AvgIpc) is 2.19. The van der Waals surface area contributed by atoms with Crippen LogP contribution in [0, 0.1) is 0 Å². The van der Waals surface area contributed by atoms with Crippen molar-refractivity contribution in [3.8, 4) is 0 Å². The normalized spacial score (nSPS) is 9.62. The van der Waals surface area contributed by atoms with Gasteiger partial charge in [-0.1, -0.05) is 11.7 Å². The number of thiol groups is 1. The van der Waals surface area contributed by atoms with E-state index in [1.54, 1.807) is 0 Å². The van der Waals surface area contributed by atoms with Crippen LogP contribution >= 0.6 is 32.3 Å². The van der Waals surface area contributed by atoms with E-state index in [1.807, 2.05) is 0 Å². The monoisotopic (exact) mass is 166 g/mol. The molecule has 0 saturated heterocycles. The summed E-state index contributed by atoms with van der Waals surface area (Å²) in [4.78, 5) is 0. The molecule has 0 aromatic carbocycles. The molecule has 0 aliphatic heterocycles. The molecule has 1 aromatic rings. The van der Waals surface area contributed by atoms with Gasteiger partial charge in [-0.05, 0) is 9.83 Å². The van der Waals surface area contributed by atoms with Crippen molar-refractivity contribution < 1.29 is 4.42 Å². The molecule has 44 valence electrons. The Balaban J connectivity index is 2.50. The van der Waals surface area contributed by atoms with E-state index in [0.29, 0.717) is 5.22 Å². The van der Waals surface area contributed by atoms with E-state index < -0.39 is 0 Å². The fourth-order valence-corrected chi connectivity index (χ4v) is 1.44. The van der Waals surface area contributed by atoms with Gasteiger partial charge in [0.1, 0.15) is 0 Å². The number of rotatable bonds is 2. The molecule has 6 heteroatoms. The maximum atomic E-state index is 4.74. The molecule has 0 unspecified atom stereocenters. The van der Waals surface area contributed by atoms with E-state index in [1.165, 1.54) is 27.0 Å². The molecule has 0 fully saturated rings. The van der Waals surface area contributed by atoms with Crippen molar-refractivity contribution in [2.45, 2.75) is 5.22 Å². The fraction of sp³-hybridized carbons (Fsp3) is 0. The fourth-order valence-electron chi connectivity index (χ4n) is 0.231. The van der Waals surface area contributed by atoms with Gasteiger partial charge in [0.2, 0.25) is 6.39 Å². The standard InChI is InChI=1S/C2H2N2OS3/c6-8-7-2-4-3-1-5-2/h1,6H. The summed E-state index contributed by atoms with van der Waals surface area (Å²) in [6.07, 6.45) is 1.28. The van der Waals surface area contributed by atoms with Crippen LogP contribution in [0.3, 0.4) is 0 Å². The van der Waals surface area contributed by atoms with Gasteiger partial charge in [0, 0.05) is 10.8 Å². The van der Waals surface area contributed by atoms with Crippen LogP contribution in [0.5, 0.6) is 0 Å². The van der Waals surface area contributed by atoms with Gasteiger partial charge in [-0.3, -0.25) is 0 Å². The van der Waals surface area contributed by atoms with Gasteiger partial charge in [-0.25, -0.2) is 0 Å². The largest absolute Gasteiger partial charge is 0.418 e. The highest BCUT2D eigenvalue weighted by Gasteiger charge is 1.94. The van der Waals surface area contributed by atoms with Crippen LogP contribution in [-0.4, -0.2) is 10.2 Å². The first-order valence-electron chi connectivity index (χ1n) is 1.67. The van der Waals surface area contributed by atoms with E-state index in [4.69, 9.17) is 4.42 Å². The summed E-state index contributed by atoms with van der Waals surface area (Å²) in [5.74, 6) is 0. The van der Waals surface area contributed by atoms with Crippen molar-refractivity contribution in [1.29, 1.82) is 0 Å². The van der Waals surface area contributed by atoms with Crippen molar-refractivity contribution >= 4 is 32.3 Å². The Hall–Kier alpha value is 0.190. The zero-order chi connectivity index (χ0) is 5.82. The molecule has 0 atom stereocenters. The van der Waals surface area contributed by atoms with E-state index in [2.05, 4.69) is 21.9 Å². The minimum absolute atomic E-state index is 0.532. The first-order chi connectivity index (χ1) is 3.93. The summed E-state index contributed by atoms with van der Waals surface area (Å²) in [5, 5.41) is 7.57. The molecule has 1 heterocycles. The summed E-state index contributed by atoms with van der Waals surface area (Å²) in [7, 11) is 2.60. The Labute approximate surface area is 58.8 Å². The Morgan fingerprint density at radius 1 is 1.75 bits per heavy atom. The molecule has 0 aliphatic rings. The highest BCUT2D eigenvalue weighted by Crippen LogP contribution is 2.31. The Morgan fingerprint density at radius 3 is 3.12 bits per heavy atom. The maximum Gasteiger partial charge on any atom is 0.287 e. The molecule has 1 aromatic heterocycles. The Kier molecular flexibility index (Phi) is 2.57. The van der Waals surface area contributed by atoms with Crippen LogP contribution in [0.4, 0.5) is 0 Å². The molecular weight excluding hydrogens is 164 g/mol. The van der Waals surface area contributed by atoms with E-state index in [-0.39, 0.29) is 0 Å². The van der Waals surface area contributed by atoms with Crippen molar-refractivity contribution in [2.75, 3.05) is 0 Å². The third-order valence-electron chi connectivity index (χ3n) is 0.449. The third-order valence-corrected chi connectivity index (χ3v) is 2.17. The number of hydrogen-bond donors (Lipinski definition) is 1. The van der Waals surface area contributed by atoms with Gasteiger partial charge in [0.05, 0.1) is 0 Å². The second-order valence-electron chi connectivity index (χ2n) is 0.863. The number of hydrogen-bond acceptors (Lipinski definition) is 6. The zero-order valence-electron chi connectivity index (χ0n) is 3.64. The summed E-state index contributed by atoms with van der Waals surface area (Å²) < 4.78 is 4.74. The maximum absolute atomic E-state index is 4.74. The lowest BCUT2D eigenvalue weighted by atomic mass is 11.5. The number of nitrogens with zero attached hydrogens (tertiary/aromatic N) is 2. The molecule has 0 saturated carbocycles. The van der Waals surface area contributed by atoms with Crippen LogP contribution in [0.2, 0.25) is 0 Å². The minimum Gasteiger partial charge on any atom is -0.418 e. The second-order valence-corrected chi connectivity index (χ2v) is 3.82. The highest BCUT2D eigenvalue weighted by molar-refractivity contribution is 9.05. The lowest BCUT2D eigenvalue weighted by Gasteiger charge is -1.80. The topological polar surface area (TPSA) is 38.9 Å². The quantitative estimate of drug-likeness (QED) is 0.534. The Morgan fingerprint density at radius 2 is 2.62 bits per heavy atom. The van der Waals surface area contributed by atoms with Crippen molar-refractivity contribution in [3.63, 3.8) is 0 Å². The molecule has 0 N–H and O–H groups in total. The highest BCUT2D eigenvalue weighted by atomic mass is 33.5. The van der Waals surface area contributed by atoms with E-state index in [0.717, 1.165) is 0 Å². The van der Waals surface area contributed by atoms with Crippen LogP contribution < -0.4 is 0 Å². The lowest BCUT2D eigenvalue weighted by Crippen LogP contribution is -1.63. The summed E-state index contributed by atoms with van der Waals surface area (Å²) in [6, 6.07) is 0. The predicted octanol–water partition coefficient (Wildman–Crippen LogP) is 1.65. The molecule has 8 heavy (non-hydrogen) atoms. The summed E-state index contributed by atoms with van der Waals surface area (Å²) in [5.41, 5.74) is 0. The van der Waals surface area contributed by atoms with Crippen LogP contribution in [-0.2, 0) is 0 Å². The van der Waals surface area contributed by atoms with Crippen LogP contribution in [0.15, 0.2) is 16.0 Å². The first-order valence-corrected chi connectivity index (χ1v) is 4.88. The molecule has 0 radical (unpaired) electrons. The molecule has 0 amide bonds. The molecule has 3 nitrogen and oxygen atoms in total. The van der Waals surface area contributed by atoms with Crippen LogP contribution in [0.1, 0.15) is 0 Å². The molecule has 0 spiro atoms. The minimum atomic E-state index is 0.532. The SMILES string of the molecule is SSSc1nnco1. The van der Waals surface area contributed by atoms with Gasteiger partial charge in [-0.15, -0.1) is 10.2 Å². The third kappa shape index (κ3) is 1.61. The van der Waals surface area contributed by atoms with E-state index in [9.17, 15) is 0 Å². The Bertz CT molecular complexity index is 141. The second kappa shape index (κ2) is 3.26. The average molecular weight is 166 g/mol. The van der Waals surface area contributed by atoms with Crippen molar-refractivity contribution in [2.24, 2.45) is 0 Å². The number of aromatic nitrogens is 2. The molecule has 1 rings (SSSR count). The lowest BCUT2D eigenvalue weighted by molar-refractivity contribution is 0.455. The van der Waals surface area contributed by atoms with Gasteiger partial charge >= 0.3 is 0 Å². The predicted molar refractivity (Wildman–Crippen MR) is 36.7 cm³/mol. The van der Waals surface area contributed by atoms with Gasteiger partial charge in [-0.2, -0.15) is 0 Å². The molecule has 0 bridgehead atoms. The smallest absolute Gasteiger partial charge is 0.287 e. The van der Waals surface area contributed by atoms with Gasteiger partial charge < -0.3 is 4.42 Å². The summed E-state index contributed by atoms with van der Waals surface area (Å²) >= 11 is 3.86. The molecule has 0 aliphatic carbocycles.